The van der Waals surface area contributed by atoms with Crippen LogP contribution in [-0.4, -0.2) is 42.8 Å². The van der Waals surface area contributed by atoms with Crippen molar-refractivity contribution in [3.05, 3.63) is 65.9 Å². The summed E-state index contributed by atoms with van der Waals surface area (Å²) in [5, 5.41) is 6.56. The summed E-state index contributed by atoms with van der Waals surface area (Å²) in [7, 11) is 0. The van der Waals surface area contributed by atoms with E-state index in [0.717, 1.165) is 65.9 Å². The number of hydrogen-bond donors (Lipinski definition) is 2. The van der Waals surface area contributed by atoms with Crippen molar-refractivity contribution in [1.82, 2.24) is 15.6 Å². The van der Waals surface area contributed by atoms with Crippen LogP contribution in [-0.2, 0) is 0 Å². The van der Waals surface area contributed by atoms with Crippen molar-refractivity contribution in [2.75, 3.05) is 26.2 Å². The highest BCUT2D eigenvalue weighted by Gasteiger charge is 2.12. The summed E-state index contributed by atoms with van der Waals surface area (Å²) >= 11 is 0. The van der Waals surface area contributed by atoms with Gasteiger partial charge in [-0.3, -0.25) is 9.98 Å². The predicted molar refractivity (Wildman–Crippen MR) is 106 cm³/mol. The van der Waals surface area contributed by atoms with Gasteiger partial charge in [-0.15, -0.1) is 0 Å². The van der Waals surface area contributed by atoms with E-state index in [1.807, 2.05) is 36.4 Å². The second kappa shape index (κ2) is 6.72. The van der Waals surface area contributed by atoms with Crippen LogP contribution in [0.25, 0.3) is 22.8 Å². The molecular weight excluding hydrogens is 338 g/mol. The first-order valence-electron chi connectivity index (χ1n) is 9.11. The number of aliphatic imine (C=N–C) groups is 2. The maximum absolute atomic E-state index is 5.98. The van der Waals surface area contributed by atoms with Crippen LogP contribution in [0.15, 0.2) is 69.1 Å². The molecule has 3 aromatic rings. The molecule has 0 atom stereocenters. The molecule has 0 unspecified atom stereocenters. The predicted octanol–water partition coefficient (Wildman–Crippen LogP) is 2.71. The highest BCUT2D eigenvalue weighted by molar-refractivity contribution is 6.00. The number of benzene rings is 2. The second-order valence-electron chi connectivity index (χ2n) is 6.50. The van der Waals surface area contributed by atoms with Crippen LogP contribution < -0.4 is 10.6 Å². The van der Waals surface area contributed by atoms with Crippen molar-refractivity contribution in [3.63, 3.8) is 0 Å². The van der Waals surface area contributed by atoms with Gasteiger partial charge in [0.05, 0.1) is 19.3 Å². The molecule has 0 fully saturated rings. The fourth-order valence-corrected chi connectivity index (χ4v) is 3.29. The van der Waals surface area contributed by atoms with Gasteiger partial charge in [0.25, 0.3) is 0 Å². The van der Waals surface area contributed by atoms with Crippen LogP contribution in [0.5, 0.6) is 0 Å². The number of nitrogens with one attached hydrogen (secondary N) is 2. The molecule has 134 valence electrons. The third-order valence-corrected chi connectivity index (χ3v) is 4.70. The highest BCUT2D eigenvalue weighted by atomic mass is 16.4. The van der Waals surface area contributed by atoms with Gasteiger partial charge in [-0.2, -0.15) is 0 Å². The molecule has 0 aliphatic carbocycles. The zero-order chi connectivity index (χ0) is 18.1. The van der Waals surface area contributed by atoms with Crippen molar-refractivity contribution < 1.29 is 4.42 Å². The highest BCUT2D eigenvalue weighted by Crippen LogP contribution is 2.26. The number of nitrogens with zero attached hydrogens (tertiary/aromatic N) is 3. The van der Waals surface area contributed by atoms with Gasteiger partial charge in [0.1, 0.15) is 11.7 Å². The summed E-state index contributed by atoms with van der Waals surface area (Å²) in [5.74, 6) is 3.28. The minimum absolute atomic E-state index is 0.615. The van der Waals surface area contributed by atoms with Crippen molar-refractivity contribution in [1.29, 1.82) is 0 Å². The Bertz CT molecular complexity index is 933. The van der Waals surface area contributed by atoms with Gasteiger partial charge in [-0.05, 0) is 12.1 Å². The molecule has 0 saturated heterocycles. The average molecular weight is 357 g/mol. The molecule has 27 heavy (non-hydrogen) atoms. The molecule has 0 radical (unpaired) electrons. The van der Waals surface area contributed by atoms with Crippen LogP contribution in [0.1, 0.15) is 11.1 Å². The van der Waals surface area contributed by atoms with Gasteiger partial charge in [-0.25, -0.2) is 4.98 Å². The summed E-state index contributed by atoms with van der Waals surface area (Å²) < 4.78 is 5.98. The maximum Gasteiger partial charge on any atom is 0.226 e. The van der Waals surface area contributed by atoms with E-state index in [2.05, 4.69) is 37.7 Å². The normalized spacial score (nSPS) is 15.9. The minimum Gasteiger partial charge on any atom is -0.436 e. The summed E-state index contributed by atoms with van der Waals surface area (Å²) in [6, 6.07) is 16.3. The van der Waals surface area contributed by atoms with E-state index >= 15 is 0 Å². The van der Waals surface area contributed by atoms with E-state index in [4.69, 9.17) is 4.42 Å². The lowest BCUT2D eigenvalue weighted by Gasteiger charge is -2.04. The first-order chi connectivity index (χ1) is 13.4. The summed E-state index contributed by atoms with van der Waals surface area (Å²) in [4.78, 5) is 13.3. The topological polar surface area (TPSA) is 74.8 Å². The summed E-state index contributed by atoms with van der Waals surface area (Å²) in [6.45, 7) is 3.49. The molecule has 6 nitrogen and oxygen atoms in total. The summed E-state index contributed by atoms with van der Waals surface area (Å²) in [5.41, 5.74) is 4.12. The third kappa shape index (κ3) is 3.10. The van der Waals surface area contributed by atoms with Gasteiger partial charge >= 0.3 is 0 Å². The van der Waals surface area contributed by atoms with E-state index < -0.39 is 0 Å². The fraction of sp³-hybridized carbons (Fsp3) is 0.190. The van der Waals surface area contributed by atoms with Crippen LogP contribution in [0.4, 0.5) is 0 Å². The standard InChI is InChI=1S/C21H19N5O/c1-3-15(19-22-9-10-23-19)4-2-14(1)18-13-26-21(27-18)17-7-5-16(6-8-17)20-24-11-12-25-20/h1-8,13H,9-12H2,(H,22,23)(H,24,25). The smallest absolute Gasteiger partial charge is 0.226 e. The zero-order valence-corrected chi connectivity index (χ0v) is 14.8. The molecule has 0 amide bonds. The lowest BCUT2D eigenvalue weighted by Crippen LogP contribution is -2.19. The molecule has 0 bridgehead atoms. The van der Waals surface area contributed by atoms with Gasteiger partial charge in [0.2, 0.25) is 5.89 Å². The quantitative estimate of drug-likeness (QED) is 0.753. The molecule has 3 heterocycles. The molecule has 0 spiro atoms. The molecule has 2 aliphatic heterocycles. The van der Waals surface area contributed by atoms with Crippen LogP contribution >= 0.6 is 0 Å². The molecule has 0 saturated carbocycles. The second-order valence-corrected chi connectivity index (χ2v) is 6.50. The Balaban J connectivity index is 1.36. The average Bonchev–Trinajstić information content (AvgIpc) is 3.51. The van der Waals surface area contributed by atoms with E-state index in [9.17, 15) is 0 Å². The molecule has 1 aromatic heterocycles. The van der Waals surface area contributed by atoms with Gasteiger partial charge in [-0.1, -0.05) is 36.4 Å². The number of amidine groups is 2. The fourth-order valence-electron chi connectivity index (χ4n) is 3.29. The van der Waals surface area contributed by atoms with Crippen molar-refractivity contribution in [2.45, 2.75) is 0 Å². The number of oxazole rings is 1. The maximum atomic E-state index is 5.98. The van der Waals surface area contributed by atoms with Crippen molar-refractivity contribution >= 4 is 11.7 Å². The number of rotatable bonds is 4. The Morgan fingerprint density at radius 2 is 1.19 bits per heavy atom. The Morgan fingerprint density at radius 3 is 1.70 bits per heavy atom. The molecule has 2 N–H and O–H groups in total. The molecular formula is C21H19N5O. The van der Waals surface area contributed by atoms with E-state index in [1.54, 1.807) is 6.20 Å². The Hall–Kier alpha value is -3.41. The van der Waals surface area contributed by atoms with E-state index in [0.29, 0.717) is 5.89 Å². The first-order valence-corrected chi connectivity index (χ1v) is 9.11. The SMILES string of the molecule is c1cc(-c2cnc(-c3ccc(C4=NCCN4)cc3)o2)ccc1C1=NCCN1. The van der Waals surface area contributed by atoms with Crippen LogP contribution in [0, 0.1) is 0 Å². The Morgan fingerprint density at radius 1 is 0.667 bits per heavy atom. The van der Waals surface area contributed by atoms with Gasteiger partial charge in [0, 0.05) is 35.3 Å². The van der Waals surface area contributed by atoms with E-state index in [-0.39, 0.29) is 0 Å². The van der Waals surface area contributed by atoms with Crippen molar-refractivity contribution in [2.24, 2.45) is 9.98 Å². The Labute approximate surface area is 157 Å². The molecule has 2 aromatic carbocycles. The lowest BCUT2D eigenvalue weighted by atomic mass is 10.1. The van der Waals surface area contributed by atoms with Crippen molar-refractivity contribution in [3.8, 4) is 22.8 Å². The third-order valence-electron chi connectivity index (χ3n) is 4.70. The lowest BCUT2D eigenvalue weighted by molar-refractivity contribution is 0.589. The van der Waals surface area contributed by atoms with Gasteiger partial charge in [0.15, 0.2) is 5.76 Å². The Kier molecular flexibility index (Phi) is 3.93. The van der Waals surface area contributed by atoms with Crippen LogP contribution in [0.2, 0.25) is 0 Å². The van der Waals surface area contributed by atoms with Gasteiger partial charge < -0.3 is 15.1 Å². The first kappa shape index (κ1) is 15.8. The minimum atomic E-state index is 0.615. The molecule has 2 aliphatic rings. The molecule has 5 rings (SSSR count). The summed E-state index contributed by atoms with van der Waals surface area (Å²) in [6.07, 6.45) is 1.77. The van der Waals surface area contributed by atoms with E-state index in [1.165, 1.54) is 0 Å². The monoisotopic (exact) mass is 357 g/mol. The molecule has 6 heteroatoms. The zero-order valence-electron chi connectivity index (χ0n) is 14.8. The number of aromatic nitrogens is 1. The van der Waals surface area contributed by atoms with Crippen LogP contribution in [0.3, 0.4) is 0 Å². The number of hydrogen-bond acceptors (Lipinski definition) is 6. The largest absolute Gasteiger partial charge is 0.436 e.